The molecule has 74 valence electrons. The summed E-state index contributed by atoms with van der Waals surface area (Å²) in [7, 11) is 0. The summed E-state index contributed by atoms with van der Waals surface area (Å²) >= 11 is 0. The van der Waals surface area contributed by atoms with Crippen molar-refractivity contribution in [2.45, 2.75) is 26.0 Å². The van der Waals surface area contributed by atoms with E-state index in [1.54, 1.807) is 11.8 Å². The number of rotatable bonds is 6. The quantitative estimate of drug-likeness (QED) is 0.474. The third-order valence-electron chi connectivity index (χ3n) is 2.09. The number of hydrogen-bond donors (Lipinski definition) is 3. The highest BCUT2D eigenvalue weighted by Gasteiger charge is 2.25. The van der Waals surface area contributed by atoms with Crippen LogP contribution in [0.15, 0.2) is 0 Å². The first kappa shape index (κ1) is 11.8. The van der Waals surface area contributed by atoms with Crippen LogP contribution in [0.3, 0.4) is 0 Å². The molecule has 0 saturated carbocycles. The fourth-order valence-electron chi connectivity index (χ4n) is 1.06. The highest BCUT2D eigenvalue weighted by atomic mass is 16.3. The zero-order valence-corrected chi connectivity index (χ0v) is 7.82. The van der Waals surface area contributed by atoms with E-state index in [9.17, 15) is 5.11 Å². The minimum absolute atomic E-state index is 0.00382. The molecule has 12 heavy (non-hydrogen) atoms. The van der Waals surface area contributed by atoms with Crippen molar-refractivity contribution in [2.24, 2.45) is 0 Å². The maximum absolute atomic E-state index is 9.75. The second kappa shape index (κ2) is 5.48. The van der Waals surface area contributed by atoms with Crippen molar-refractivity contribution in [3.63, 3.8) is 0 Å². The number of aliphatic hydroxyl groups excluding tert-OH is 2. The molecule has 0 aromatic heterocycles. The Morgan fingerprint density at radius 1 is 1.17 bits per heavy atom. The standard InChI is InChI=1S/C8H19NO3/c1-3-8(2,12)9(4-6-10)5-7-11/h10-12H,3-7H2,1-2H3. The van der Waals surface area contributed by atoms with Gasteiger partial charge in [0.2, 0.25) is 0 Å². The van der Waals surface area contributed by atoms with Gasteiger partial charge in [-0.3, -0.25) is 4.90 Å². The van der Waals surface area contributed by atoms with Gasteiger partial charge < -0.3 is 15.3 Å². The van der Waals surface area contributed by atoms with Gasteiger partial charge in [0.1, 0.15) is 5.72 Å². The molecule has 0 fully saturated rings. The topological polar surface area (TPSA) is 63.9 Å². The molecule has 0 spiro atoms. The average molecular weight is 177 g/mol. The summed E-state index contributed by atoms with van der Waals surface area (Å²) in [6.45, 7) is 4.31. The predicted molar refractivity (Wildman–Crippen MR) is 46.7 cm³/mol. The zero-order chi connectivity index (χ0) is 9.61. The second-order valence-corrected chi connectivity index (χ2v) is 3.00. The fraction of sp³-hybridized carbons (Fsp3) is 1.00. The van der Waals surface area contributed by atoms with Crippen molar-refractivity contribution in [1.29, 1.82) is 0 Å². The van der Waals surface area contributed by atoms with Gasteiger partial charge in [0.15, 0.2) is 0 Å². The van der Waals surface area contributed by atoms with Crippen molar-refractivity contribution in [2.75, 3.05) is 26.3 Å². The Labute approximate surface area is 73.4 Å². The van der Waals surface area contributed by atoms with Crippen LogP contribution >= 0.6 is 0 Å². The van der Waals surface area contributed by atoms with Gasteiger partial charge in [-0.05, 0) is 13.3 Å². The Morgan fingerprint density at radius 3 is 1.83 bits per heavy atom. The average Bonchev–Trinajstić information content (AvgIpc) is 2.04. The summed E-state index contributed by atoms with van der Waals surface area (Å²) in [5.74, 6) is 0. The lowest BCUT2D eigenvalue weighted by Crippen LogP contribution is -2.48. The Kier molecular flexibility index (Phi) is 5.41. The number of hydrogen-bond acceptors (Lipinski definition) is 4. The molecule has 1 atom stereocenters. The molecule has 4 nitrogen and oxygen atoms in total. The molecule has 0 bridgehead atoms. The molecule has 0 heterocycles. The van der Waals surface area contributed by atoms with Gasteiger partial charge in [-0.25, -0.2) is 0 Å². The van der Waals surface area contributed by atoms with E-state index in [1.165, 1.54) is 0 Å². The van der Waals surface area contributed by atoms with Crippen LogP contribution in [0.5, 0.6) is 0 Å². The molecule has 0 aromatic rings. The number of aliphatic hydroxyl groups is 3. The van der Waals surface area contributed by atoms with Crippen LogP contribution in [0.1, 0.15) is 20.3 Å². The lowest BCUT2D eigenvalue weighted by atomic mass is 10.1. The summed E-state index contributed by atoms with van der Waals surface area (Å²) in [4.78, 5) is 1.66. The molecule has 0 aliphatic carbocycles. The first-order valence-corrected chi connectivity index (χ1v) is 4.27. The van der Waals surface area contributed by atoms with Crippen LogP contribution in [-0.4, -0.2) is 52.2 Å². The second-order valence-electron chi connectivity index (χ2n) is 3.00. The van der Waals surface area contributed by atoms with Gasteiger partial charge in [-0.1, -0.05) is 6.92 Å². The van der Waals surface area contributed by atoms with Crippen molar-refractivity contribution in [1.82, 2.24) is 4.90 Å². The fourth-order valence-corrected chi connectivity index (χ4v) is 1.06. The van der Waals surface area contributed by atoms with Crippen molar-refractivity contribution < 1.29 is 15.3 Å². The molecular formula is C8H19NO3. The first-order valence-electron chi connectivity index (χ1n) is 4.27. The number of nitrogens with zero attached hydrogens (tertiary/aromatic N) is 1. The van der Waals surface area contributed by atoms with Gasteiger partial charge in [0, 0.05) is 13.1 Å². The van der Waals surface area contributed by atoms with Crippen LogP contribution in [0.2, 0.25) is 0 Å². The first-order chi connectivity index (χ1) is 5.58. The molecule has 0 radical (unpaired) electrons. The van der Waals surface area contributed by atoms with E-state index in [0.717, 1.165) is 0 Å². The van der Waals surface area contributed by atoms with E-state index in [2.05, 4.69) is 0 Å². The predicted octanol–water partition coefficient (Wildman–Crippen LogP) is -0.609. The largest absolute Gasteiger partial charge is 0.395 e. The van der Waals surface area contributed by atoms with Crippen molar-refractivity contribution in [3.05, 3.63) is 0 Å². The molecule has 0 aromatic carbocycles. The summed E-state index contributed by atoms with van der Waals surface area (Å²) < 4.78 is 0. The minimum atomic E-state index is -0.925. The molecule has 0 aliphatic heterocycles. The third kappa shape index (κ3) is 3.49. The van der Waals surface area contributed by atoms with Crippen molar-refractivity contribution in [3.8, 4) is 0 Å². The summed E-state index contributed by atoms with van der Waals surface area (Å²) in [5, 5.41) is 27.1. The molecule has 1 unspecified atom stereocenters. The minimum Gasteiger partial charge on any atom is -0.395 e. The summed E-state index contributed by atoms with van der Waals surface area (Å²) in [5.41, 5.74) is -0.925. The molecule has 4 heteroatoms. The van der Waals surface area contributed by atoms with Crippen LogP contribution in [-0.2, 0) is 0 Å². The molecule has 0 aliphatic rings. The highest BCUT2D eigenvalue weighted by molar-refractivity contribution is 4.72. The Morgan fingerprint density at radius 2 is 1.58 bits per heavy atom. The van der Waals surface area contributed by atoms with E-state index < -0.39 is 5.72 Å². The normalized spacial score (nSPS) is 16.5. The lowest BCUT2D eigenvalue weighted by molar-refractivity contribution is -0.105. The summed E-state index contributed by atoms with van der Waals surface area (Å²) in [6.07, 6.45) is 0.576. The molecule has 3 N–H and O–H groups in total. The van der Waals surface area contributed by atoms with E-state index >= 15 is 0 Å². The van der Waals surface area contributed by atoms with Gasteiger partial charge in [0.25, 0.3) is 0 Å². The van der Waals surface area contributed by atoms with Gasteiger partial charge >= 0.3 is 0 Å². The summed E-state index contributed by atoms with van der Waals surface area (Å²) in [6, 6.07) is 0. The molecule has 0 rings (SSSR count). The Bertz CT molecular complexity index is 111. The van der Waals surface area contributed by atoms with Crippen LogP contribution in [0.25, 0.3) is 0 Å². The molecule has 0 amide bonds. The Balaban J connectivity index is 4.07. The van der Waals surface area contributed by atoms with Crippen molar-refractivity contribution >= 4 is 0 Å². The Hall–Kier alpha value is -0.160. The van der Waals surface area contributed by atoms with E-state index in [0.29, 0.717) is 19.5 Å². The van der Waals surface area contributed by atoms with Crippen LogP contribution in [0.4, 0.5) is 0 Å². The molecular weight excluding hydrogens is 158 g/mol. The van der Waals surface area contributed by atoms with Crippen LogP contribution < -0.4 is 0 Å². The zero-order valence-electron chi connectivity index (χ0n) is 7.82. The van der Waals surface area contributed by atoms with Gasteiger partial charge in [-0.15, -0.1) is 0 Å². The monoisotopic (exact) mass is 177 g/mol. The maximum Gasteiger partial charge on any atom is 0.115 e. The maximum atomic E-state index is 9.75. The smallest absolute Gasteiger partial charge is 0.115 e. The van der Waals surface area contributed by atoms with Gasteiger partial charge in [-0.2, -0.15) is 0 Å². The lowest BCUT2D eigenvalue weighted by Gasteiger charge is -2.35. The van der Waals surface area contributed by atoms with E-state index in [4.69, 9.17) is 10.2 Å². The molecule has 0 saturated heterocycles. The van der Waals surface area contributed by atoms with E-state index in [-0.39, 0.29) is 13.2 Å². The van der Waals surface area contributed by atoms with Crippen LogP contribution in [0, 0.1) is 0 Å². The SMILES string of the molecule is CCC(C)(O)N(CCO)CCO. The van der Waals surface area contributed by atoms with Gasteiger partial charge in [0.05, 0.1) is 13.2 Å². The highest BCUT2D eigenvalue weighted by Crippen LogP contribution is 2.14. The van der Waals surface area contributed by atoms with E-state index in [1.807, 2.05) is 6.92 Å². The third-order valence-corrected chi connectivity index (χ3v) is 2.09.